The van der Waals surface area contributed by atoms with E-state index in [9.17, 15) is 8.42 Å². The summed E-state index contributed by atoms with van der Waals surface area (Å²) in [4.78, 5) is 4.38. The highest BCUT2D eigenvalue weighted by molar-refractivity contribution is 7.92. The van der Waals surface area contributed by atoms with Crippen LogP contribution in [-0.2, 0) is 21.2 Å². The summed E-state index contributed by atoms with van der Waals surface area (Å²) >= 11 is 0. The summed E-state index contributed by atoms with van der Waals surface area (Å²) in [6, 6.07) is 7.14. The van der Waals surface area contributed by atoms with Crippen molar-refractivity contribution < 1.29 is 13.2 Å². The Balaban J connectivity index is 1.79. The SMILES string of the molecule is CCc1nc(-c2ccccc2NS(=O)(=O)CC2CCCCO2)n[nH]1. The van der Waals surface area contributed by atoms with Crippen LogP contribution >= 0.6 is 0 Å². The molecule has 1 saturated heterocycles. The predicted octanol–water partition coefficient (Wildman–Crippen LogP) is 2.34. The molecular weight excluding hydrogens is 328 g/mol. The largest absolute Gasteiger partial charge is 0.377 e. The van der Waals surface area contributed by atoms with Crippen LogP contribution in [0.2, 0.25) is 0 Å². The Labute approximate surface area is 141 Å². The summed E-state index contributed by atoms with van der Waals surface area (Å²) in [6.45, 7) is 2.61. The number of ether oxygens (including phenoxy) is 1. The number of nitrogens with zero attached hydrogens (tertiary/aromatic N) is 2. The Hall–Kier alpha value is -1.93. The van der Waals surface area contributed by atoms with Gasteiger partial charge in [-0.3, -0.25) is 9.82 Å². The molecule has 0 spiro atoms. The van der Waals surface area contributed by atoms with E-state index in [1.807, 2.05) is 13.0 Å². The van der Waals surface area contributed by atoms with Crippen LogP contribution in [0, 0.1) is 0 Å². The Kier molecular flexibility index (Phi) is 5.15. The zero-order valence-corrected chi connectivity index (χ0v) is 14.5. The first-order valence-corrected chi connectivity index (χ1v) is 9.85. The Morgan fingerprint density at radius 1 is 1.33 bits per heavy atom. The molecule has 130 valence electrons. The maximum atomic E-state index is 12.5. The summed E-state index contributed by atoms with van der Waals surface area (Å²) < 4.78 is 33.1. The van der Waals surface area contributed by atoms with Gasteiger partial charge in [-0.25, -0.2) is 13.4 Å². The van der Waals surface area contributed by atoms with Gasteiger partial charge in [0, 0.05) is 18.6 Å². The molecule has 7 nitrogen and oxygen atoms in total. The van der Waals surface area contributed by atoms with E-state index < -0.39 is 10.0 Å². The van der Waals surface area contributed by atoms with E-state index in [1.54, 1.807) is 18.2 Å². The Morgan fingerprint density at radius 2 is 2.17 bits per heavy atom. The monoisotopic (exact) mass is 350 g/mol. The van der Waals surface area contributed by atoms with Crippen LogP contribution in [-0.4, -0.2) is 42.1 Å². The molecule has 0 saturated carbocycles. The minimum absolute atomic E-state index is 0.0322. The van der Waals surface area contributed by atoms with E-state index in [-0.39, 0.29) is 11.9 Å². The van der Waals surface area contributed by atoms with Crippen molar-refractivity contribution in [1.29, 1.82) is 0 Å². The molecule has 2 aromatic rings. The number of aryl methyl sites for hydroxylation is 1. The highest BCUT2D eigenvalue weighted by Gasteiger charge is 2.23. The lowest BCUT2D eigenvalue weighted by Crippen LogP contribution is -2.31. The summed E-state index contributed by atoms with van der Waals surface area (Å²) in [5.41, 5.74) is 1.14. The van der Waals surface area contributed by atoms with E-state index in [1.165, 1.54) is 0 Å². The number of aromatic nitrogens is 3. The van der Waals surface area contributed by atoms with Gasteiger partial charge >= 0.3 is 0 Å². The van der Waals surface area contributed by atoms with Crippen molar-refractivity contribution in [1.82, 2.24) is 15.2 Å². The smallest absolute Gasteiger partial charge is 0.235 e. The van der Waals surface area contributed by atoms with E-state index in [0.717, 1.165) is 31.5 Å². The first-order valence-electron chi connectivity index (χ1n) is 8.20. The van der Waals surface area contributed by atoms with Gasteiger partial charge < -0.3 is 4.74 Å². The van der Waals surface area contributed by atoms with E-state index in [0.29, 0.717) is 23.7 Å². The van der Waals surface area contributed by atoms with Crippen LogP contribution in [0.25, 0.3) is 11.4 Å². The minimum Gasteiger partial charge on any atom is -0.377 e. The number of benzene rings is 1. The maximum absolute atomic E-state index is 12.5. The summed E-state index contributed by atoms with van der Waals surface area (Å²) in [7, 11) is -3.50. The quantitative estimate of drug-likeness (QED) is 0.833. The lowest BCUT2D eigenvalue weighted by Gasteiger charge is -2.22. The zero-order chi connectivity index (χ0) is 17.0. The number of H-pyrrole nitrogens is 1. The molecule has 1 atom stereocenters. The average molecular weight is 350 g/mol. The Morgan fingerprint density at radius 3 is 2.88 bits per heavy atom. The third-order valence-corrected chi connectivity index (χ3v) is 5.32. The van der Waals surface area contributed by atoms with Crippen molar-refractivity contribution in [2.75, 3.05) is 17.1 Å². The van der Waals surface area contributed by atoms with Crippen LogP contribution in [0.15, 0.2) is 24.3 Å². The molecule has 24 heavy (non-hydrogen) atoms. The normalized spacial score (nSPS) is 18.5. The third kappa shape index (κ3) is 4.12. The van der Waals surface area contributed by atoms with Crippen molar-refractivity contribution in [3.63, 3.8) is 0 Å². The molecule has 0 radical (unpaired) electrons. The highest BCUT2D eigenvalue weighted by atomic mass is 32.2. The molecule has 1 aromatic carbocycles. The van der Waals surface area contributed by atoms with Gasteiger partial charge in [-0.2, -0.15) is 5.10 Å². The van der Waals surface area contributed by atoms with Gasteiger partial charge in [-0.1, -0.05) is 19.1 Å². The average Bonchev–Trinajstić information content (AvgIpc) is 3.04. The van der Waals surface area contributed by atoms with Crippen molar-refractivity contribution in [3.8, 4) is 11.4 Å². The summed E-state index contributed by atoms with van der Waals surface area (Å²) in [5, 5.41) is 7.02. The lowest BCUT2D eigenvalue weighted by atomic mass is 10.1. The van der Waals surface area contributed by atoms with Gasteiger partial charge in [0.05, 0.1) is 17.5 Å². The maximum Gasteiger partial charge on any atom is 0.235 e. The molecular formula is C16H22N4O3S. The van der Waals surface area contributed by atoms with Gasteiger partial charge in [0.2, 0.25) is 10.0 Å². The van der Waals surface area contributed by atoms with Crippen molar-refractivity contribution in [3.05, 3.63) is 30.1 Å². The fraction of sp³-hybridized carbons (Fsp3) is 0.500. The number of nitrogens with one attached hydrogen (secondary N) is 2. The van der Waals surface area contributed by atoms with Crippen molar-refractivity contribution in [2.24, 2.45) is 0 Å². The van der Waals surface area contributed by atoms with Gasteiger partial charge in [0.15, 0.2) is 5.82 Å². The molecule has 0 amide bonds. The molecule has 1 aliphatic rings. The first-order chi connectivity index (χ1) is 11.6. The summed E-state index contributed by atoms with van der Waals surface area (Å²) in [5.74, 6) is 1.22. The lowest BCUT2D eigenvalue weighted by molar-refractivity contribution is 0.0306. The van der Waals surface area contributed by atoms with Crippen LogP contribution in [0.4, 0.5) is 5.69 Å². The topological polar surface area (TPSA) is 97.0 Å². The molecule has 1 aromatic heterocycles. The second-order valence-corrected chi connectivity index (χ2v) is 7.64. The van der Waals surface area contributed by atoms with Crippen LogP contribution in [0.3, 0.4) is 0 Å². The van der Waals surface area contributed by atoms with Crippen LogP contribution < -0.4 is 4.72 Å². The van der Waals surface area contributed by atoms with E-state index in [4.69, 9.17) is 4.74 Å². The second kappa shape index (κ2) is 7.31. The molecule has 1 unspecified atom stereocenters. The number of para-hydroxylation sites is 1. The molecule has 8 heteroatoms. The zero-order valence-electron chi connectivity index (χ0n) is 13.7. The van der Waals surface area contributed by atoms with Gasteiger partial charge in [-0.05, 0) is 31.4 Å². The van der Waals surface area contributed by atoms with Crippen LogP contribution in [0.5, 0.6) is 0 Å². The van der Waals surface area contributed by atoms with Crippen molar-refractivity contribution >= 4 is 15.7 Å². The van der Waals surface area contributed by atoms with E-state index in [2.05, 4.69) is 19.9 Å². The first kappa shape index (κ1) is 16.9. The molecule has 2 heterocycles. The number of sulfonamides is 1. The Bertz CT molecular complexity index is 782. The molecule has 1 fully saturated rings. The van der Waals surface area contributed by atoms with E-state index >= 15 is 0 Å². The third-order valence-electron chi connectivity index (χ3n) is 3.98. The number of aromatic amines is 1. The van der Waals surface area contributed by atoms with Gasteiger partial charge in [0.25, 0.3) is 0 Å². The minimum atomic E-state index is -3.50. The van der Waals surface area contributed by atoms with Gasteiger partial charge in [-0.15, -0.1) is 0 Å². The van der Waals surface area contributed by atoms with Crippen LogP contribution in [0.1, 0.15) is 32.0 Å². The molecule has 3 rings (SSSR count). The fourth-order valence-corrected chi connectivity index (χ4v) is 4.08. The van der Waals surface area contributed by atoms with Gasteiger partial charge in [0.1, 0.15) is 5.82 Å². The fourth-order valence-electron chi connectivity index (χ4n) is 2.73. The molecule has 2 N–H and O–H groups in total. The highest BCUT2D eigenvalue weighted by Crippen LogP contribution is 2.26. The standard InChI is InChI=1S/C16H22N4O3S/c1-2-15-17-16(19-18-15)13-8-3-4-9-14(13)20-24(21,22)11-12-7-5-6-10-23-12/h3-4,8-9,12,20H,2,5-7,10-11H2,1H3,(H,17,18,19). The molecule has 1 aliphatic heterocycles. The molecule has 0 bridgehead atoms. The molecule has 0 aliphatic carbocycles. The number of hydrogen-bond donors (Lipinski definition) is 2. The number of anilines is 1. The van der Waals surface area contributed by atoms with Crippen molar-refractivity contribution in [2.45, 2.75) is 38.7 Å². The predicted molar refractivity (Wildman–Crippen MR) is 92.2 cm³/mol. The number of hydrogen-bond acceptors (Lipinski definition) is 5. The summed E-state index contributed by atoms with van der Waals surface area (Å²) in [6.07, 6.45) is 3.28. The number of rotatable bonds is 6. The second-order valence-electron chi connectivity index (χ2n) is 5.88.